The molecule has 0 bridgehead atoms. The molecule has 0 radical (unpaired) electrons. The molecule has 0 aromatic carbocycles. The number of aliphatic hydroxyl groups is 1. The standard InChI is InChI=1S/C8H8F2O2/c1-2-8(9,10)7(11)6-4-3-5-12-6/h2-5,7,11H,1H2. The van der Waals surface area contributed by atoms with E-state index < -0.39 is 12.0 Å². The van der Waals surface area contributed by atoms with Crippen molar-refractivity contribution < 1.29 is 18.3 Å². The van der Waals surface area contributed by atoms with E-state index >= 15 is 0 Å². The quantitative estimate of drug-likeness (QED) is 0.712. The van der Waals surface area contributed by atoms with Gasteiger partial charge in [-0.15, -0.1) is 0 Å². The summed E-state index contributed by atoms with van der Waals surface area (Å²) in [4.78, 5) is 0. The number of hydrogen-bond donors (Lipinski definition) is 1. The molecule has 4 heteroatoms. The van der Waals surface area contributed by atoms with Crippen LogP contribution in [-0.4, -0.2) is 11.0 Å². The Labute approximate surface area is 68.1 Å². The molecule has 0 saturated carbocycles. The molecule has 1 unspecified atom stereocenters. The zero-order chi connectivity index (χ0) is 9.19. The van der Waals surface area contributed by atoms with Crippen molar-refractivity contribution >= 4 is 0 Å². The van der Waals surface area contributed by atoms with Crippen LogP contribution in [0.2, 0.25) is 0 Å². The van der Waals surface area contributed by atoms with Crippen molar-refractivity contribution in [2.24, 2.45) is 0 Å². The summed E-state index contributed by atoms with van der Waals surface area (Å²) in [7, 11) is 0. The van der Waals surface area contributed by atoms with Gasteiger partial charge < -0.3 is 9.52 Å². The van der Waals surface area contributed by atoms with E-state index in [2.05, 4.69) is 11.0 Å². The fourth-order valence-corrected chi connectivity index (χ4v) is 0.748. The molecule has 12 heavy (non-hydrogen) atoms. The Hall–Kier alpha value is -1.16. The summed E-state index contributed by atoms with van der Waals surface area (Å²) in [6.45, 7) is 2.91. The first kappa shape index (κ1) is 8.93. The van der Waals surface area contributed by atoms with Crippen molar-refractivity contribution in [1.82, 2.24) is 0 Å². The maximum Gasteiger partial charge on any atom is 0.298 e. The van der Waals surface area contributed by atoms with Gasteiger partial charge in [-0.3, -0.25) is 0 Å². The van der Waals surface area contributed by atoms with E-state index in [1.54, 1.807) is 0 Å². The topological polar surface area (TPSA) is 33.4 Å². The lowest BCUT2D eigenvalue weighted by Gasteiger charge is -2.16. The van der Waals surface area contributed by atoms with Crippen molar-refractivity contribution in [2.45, 2.75) is 12.0 Å². The van der Waals surface area contributed by atoms with Gasteiger partial charge in [0, 0.05) is 0 Å². The number of hydrogen-bond acceptors (Lipinski definition) is 2. The minimum absolute atomic E-state index is 0.167. The summed E-state index contributed by atoms with van der Waals surface area (Å²) in [5.74, 6) is -3.52. The first-order chi connectivity index (χ1) is 5.58. The minimum Gasteiger partial charge on any atom is -0.466 e. The molecule has 0 amide bonds. The van der Waals surface area contributed by atoms with Gasteiger partial charge in [0.1, 0.15) is 5.76 Å². The van der Waals surface area contributed by atoms with Crippen LogP contribution in [-0.2, 0) is 0 Å². The molecule has 0 saturated heterocycles. The van der Waals surface area contributed by atoms with Crippen molar-refractivity contribution in [3.8, 4) is 0 Å². The van der Waals surface area contributed by atoms with Crippen LogP contribution in [0.3, 0.4) is 0 Å². The summed E-state index contributed by atoms with van der Waals surface area (Å²) >= 11 is 0. The third kappa shape index (κ3) is 1.53. The lowest BCUT2D eigenvalue weighted by Crippen LogP contribution is -2.22. The Morgan fingerprint density at radius 3 is 2.75 bits per heavy atom. The summed E-state index contributed by atoms with van der Waals surface area (Å²) in [6.07, 6.45) is -0.345. The van der Waals surface area contributed by atoms with E-state index in [9.17, 15) is 8.78 Å². The first-order valence-electron chi connectivity index (χ1n) is 3.31. The Balaban J connectivity index is 2.85. The average molecular weight is 174 g/mol. The molecule has 1 heterocycles. The molecule has 1 rings (SSSR count). The predicted molar refractivity (Wildman–Crippen MR) is 38.8 cm³/mol. The molecule has 0 aliphatic carbocycles. The van der Waals surface area contributed by atoms with E-state index in [0.717, 1.165) is 0 Å². The SMILES string of the molecule is C=CC(F)(F)C(O)c1ccco1. The van der Waals surface area contributed by atoms with Gasteiger partial charge in [0.05, 0.1) is 6.26 Å². The smallest absolute Gasteiger partial charge is 0.298 e. The number of rotatable bonds is 3. The maximum atomic E-state index is 12.7. The fourth-order valence-electron chi connectivity index (χ4n) is 0.748. The number of furan rings is 1. The van der Waals surface area contributed by atoms with Gasteiger partial charge in [-0.2, -0.15) is 8.78 Å². The van der Waals surface area contributed by atoms with Gasteiger partial charge in [-0.25, -0.2) is 0 Å². The molecule has 66 valence electrons. The molecule has 0 fully saturated rings. The third-order valence-corrected chi connectivity index (χ3v) is 1.45. The highest BCUT2D eigenvalue weighted by Crippen LogP contribution is 2.31. The highest BCUT2D eigenvalue weighted by atomic mass is 19.3. The first-order valence-corrected chi connectivity index (χ1v) is 3.31. The Bertz CT molecular complexity index is 254. The molecule has 1 aromatic rings. The summed E-state index contributed by atoms with van der Waals surface area (Å²) in [6, 6.07) is 2.71. The van der Waals surface area contributed by atoms with Gasteiger partial charge in [-0.1, -0.05) is 6.58 Å². The van der Waals surface area contributed by atoms with Crippen LogP contribution < -0.4 is 0 Å². The molecule has 1 atom stereocenters. The van der Waals surface area contributed by atoms with Crippen molar-refractivity contribution in [3.63, 3.8) is 0 Å². The van der Waals surface area contributed by atoms with Gasteiger partial charge in [0.2, 0.25) is 0 Å². The second-order valence-corrected chi connectivity index (χ2v) is 2.30. The van der Waals surface area contributed by atoms with Gasteiger partial charge >= 0.3 is 0 Å². The predicted octanol–water partition coefficient (Wildman–Crippen LogP) is 2.13. The van der Waals surface area contributed by atoms with E-state index in [1.807, 2.05) is 0 Å². The second kappa shape index (κ2) is 3.06. The molecule has 2 nitrogen and oxygen atoms in total. The lowest BCUT2D eigenvalue weighted by atomic mass is 10.1. The normalized spacial score (nSPS) is 14.2. The van der Waals surface area contributed by atoms with E-state index in [1.165, 1.54) is 18.4 Å². The summed E-state index contributed by atoms with van der Waals surface area (Å²) in [5, 5.41) is 9.02. The highest BCUT2D eigenvalue weighted by molar-refractivity contribution is 5.09. The Morgan fingerprint density at radius 1 is 1.67 bits per heavy atom. The van der Waals surface area contributed by atoms with Crippen LogP contribution in [0.25, 0.3) is 0 Å². The maximum absolute atomic E-state index is 12.7. The summed E-state index contributed by atoms with van der Waals surface area (Å²) < 4.78 is 30.0. The van der Waals surface area contributed by atoms with Crippen molar-refractivity contribution in [1.29, 1.82) is 0 Å². The van der Waals surface area contributed by atoms with Crippen LogP contribution in [0.5, 0.6) is 0 Å². The van der Waals surface area contributed by atoms with Crippen molar-refractivity contribution in [2.75, 3.05) is 0 Å². The molecular weight excluding hydrogens is 166 g/mol. The highest BCUT2D eigenvalue weighted by Gasteiger charge is 2.37. The van der Waals surface area contributed by atoms with Gasteiger partial charge in [0.15, 0.2) is 6.10 Å². The monoisotopic (exact) mass is 174 g/mol. The largest absolute Gasteiger partial charge is 0.466 e. The van der Waals surface area contributed by atoms with E-state index in [4.69, 9.17) is 5.11 Å². The average Bonchev–Trinajstić information content (AvgIpc) is 2.55. The molecule has 1 aromatic heterocycles. The Morgan fingerprint density at radius 2 is 2.33 bits per heavy atom. The minimum atomic E-state index is -3.35. The van der Waals surface area contributed by atoms with Crippen LogP contribution in [0.15, 0.2) is 35.5 Å². The number of halogens is 2. The lowest BCUT2D eigenvalue weighted by molar-refractivity contribution is -0.0802. The Kier molecular flexibility index (Phi) is 2.28. The molecule has 0 spiro atoms. The van der Waals surface area contributed by atoms with Crippen LogP contribution in [0, 0.1) is 0 Å². The van der Waals surface area contributed by atoms with Crippen LogP contribution >= 0.6 is 0 Å². The van der Waals surface area contributed by atoms with E-state index in [-0.39, 0.29) is 5.76 Å². The van der Waals surface area contributed by atoms with Gasteiger partial charge in [-0.05, 0) is 18.2 Å². The molecule has 1 N–H and O–H groups in total. The van der Waals surface area contributed by atoms with Crippen LogP contribution in [0.4, 0.5) is 8.78 Å². The molecule has 0 aliphatic heterocycles. The van der Waals surface area contributed by atoms with Crippen LogP contribution in [0.1, 0.15) is 11.9 Å². The second-order valence-electron chi connectivity index (χ2n) is 2.30. The summed E-state index contributed by atoms with van der Waals surface area (Å²) in [5.41, 5.74) is 0. The van der Waals surface area contributed by atoms with Crippen molar-refractivity contribution in [3.05, 3.63) is 36.8 Å². The van der Waals surface area contributed by atoms with Gasteiger partial charge in [0.25, 0.3) is 5.92 Å². The number of alkyl halides is 2. The fraction of sp³-hybridized carbons (Fsp3) is 0.250. The zero-order valence-corrected chi connectivity index (χ0v) is 6.21. The molecule has 0 aliphatic rings. The molecular formula is C8H8F2O2. The van der Waals surface area contributed by atoms with E-state index in [0.29, 0.717) is 6.08 Å². The number of aliphatic hydroxyl groups excluding tert-OH is 1. The third-order valence-electron chi connectivity index (χ3n) is 1.45. The zero-order valence-electron chi connectivity index (χ0n) is 6.21.